The van der Waals surface area contributed by atoms with E-state index in [1.807, 2.05) is 31.2 Å². The summed E-state index contributed by atoms with van der Waals surface area (Å²) in [5, 5.41) is 2.79. The minimum atomic E-state index is -0.329. The van der Waals surface area contributed by atoms with E-state index in [-0.39, 0.29) is 23.2 Å². The second-order valence-electron chi connectivity index (χ2n) is 5.81. The summed E-state index contributed by atoms with van der Waals surface area (Å²) in [5.74, 6) is -0.502. The van der Waals surface area contributed by atoms with Crippen molar-refractivity contribution in [1.29, 1.82) is 0 Å². The number of benzene rings is 1. The van der Waals surface area contributed by atoms with E-state index in [1.165, 1.54) is 0 Å². The second kappa shape index (κ2) is 8.24. The number of aromatic nitrogens is 1. The number of pyridine rings is 1. The molecule has 2 aromatic rings. The summed E-state index contributed by atoms with van der Waals surface area (Å²) in [6.07, 6.45) is 1.96. The molecule has 24 heavy (non-hydrogen) atoms. The highest BCUT2D eigenvalue weighted by molar-refractivity contribution is 6.03. The predicted octanol–water partition coefficient (Wildman–Crippen LogP) is 3.51. The van der Waals surface area contributed by atoms with Gasteiger partial charge in [-0.15, -0.1) is 0 Å². The smallest absolute Gasteiger partial charge is 0.274 e. The monoisotopic (exact) mass is 325 g/mol. The number of hydrogen-bond donors (Lipinski definition) is 1. The van der Waals surface area contributed by atoms with Crippen molar-refractivity contribution in [3.8, 4) is 0 Å². The molecule has 0 saturated carbocycles. The van der Waals surface area contributed by atoms with Gasteiger partial charge in [0.05, 0.1) is 0 Å². The van der Waals surface area contributed by atoms with E-state index in [0.717, 1.165) is 18.4 Å². The lowest BCUT2D eigenvalue weighted by molar-refractivity contribution is 0.0787. The molecular weight excluding hydrogens is 302 g/mol. The van der Waals surface area contributed by atoms with Gasteiger partial charge in [-0.3, -0.25) is 9.59 Å². The molecular formula is C19H23N3O2. The highest BCUT2D eigenvalue weighted by atomic mass is 16.2. The van der Waals surface area contributed by atoms with Crippen LogP contribution in [0.25, 0.3) is 0 Å². The molecule has 1 N–H and O–H groups in total. The number of aryl methyl sites for hydroxylation is 1. The Kier molecular flexibility index (Phi) is 6.07. The maximum atomic E-state index is 12.4. The summed E-state index contributed by atoms with van der Waals surface area (Å²) in [4.78, 5) is 30.5. The van der Waals surface area contributed by atoms with Crippen molar-refractivity contribution in [2.75, 3.05) is 18.9 Å². The van der Waals surface area contributed by atoms with E-state index in [1.54, 1.807) is 30.1 Å². The molecule has 1 aromatic heterocycles. The Hall–Kier alpha value is -2.69. The van der Waals surface area contributed by atoms with Crippen LogP contribution in [-0.2, 0) is 0 Å². The average Bonchev–Trinajstić information content (AvgIpc) is 2.61. The lowest BCUT2D eigenvalue weighted by Gasteiger charge is -2.16. The van der Waals surface area contributed by atoms with E-state index in [2.05, 4.69) is 17.2 Å². The third-order valence-electron chi connectivity index (χ3n) is 3.70. The van der Waals surface area contributed by atoms with Crippen LogP contribution < -0.4 is 5.32 Å². The van der Waals surface area contributed by atoms with E-state index in [0.29, 0.717) is 12.2 Å². The third-order valence-corrected chi connectivity index (χ3v) is 3.70. The van der Waals surface area contributed by atoms with Gasteiger partial charge in [-0.25, -0.2) is 4.98 Å². The fraction of sp³-hybridized carbons (Fsp3) is 0.316. The molecule has 0 aliphatic carbocycles. The number of carbonyl (C=O) groups is 2. The number of amides is 2. The number of hydrogen-bond acceptors (Lipinski definition) is 3. The lowest BCUT2D eigenvalue weighted by atomic mass is 10.2. The van der Waals surface area contributed by atoms with E-state index >= 15 is 0 Å². The Morgan fingerprint density at radius 1 is 1.08 bits per heavy atom. The molecule has 0 aliphatic heterocycles. The molecule has 126 valence electrons. The van der Waals surface area contributed by atoms with Crippen LogP contribution in [0.4, 0.5) is 5.69 Å². The Labute approximate surface area is 142 Å². The van der Waals surface area contributed by atoms with Gasteiger partial charge in [-0.1, -0.05) is 37.1 Å². The number of rotatable bonds is 6. The first-order valence-corrected chi connectivity index (χ1v) is 8.12. The van der Waals surface area contributed by atoms with E-state index in [4.69, 9.17) is 0 Å². The number of unbranched alkanes of at least 4 members (excludes halogenated alkanes) is 1. The van der Waals surface area contributed by atoms with Crippen molar-refractivity contribution in [1.82, 2.24) is 9.88 Å². The average molecular weight is 325 g/mol. The topological polar surface area (TPSA) is 62.3 Å². The SMILES string of the molecule is CCCCN(C)C(=O)c1cccc(C(=O)Nc2ccc(C)cc2)n1. The van der Waals surface area contributed by atoms with Crippen molar-refractivity contribution in [3.63, 3.8) is 0 Å². The molecule has 0 fully saturated rings. The van der Waals surface area contributed by atoms with Crippen LogP contribution in [-0.4, -0.2) is 35.3 Å². The minimum absolute atomic E-state index is 0.173. The highest BCUT2D eigenvalue weighted by Gasteiger charge is 2.15. The molecule has 1 heterocycles. The van der Waals surface area contributed by atoms with Crippen LogP contribution in [0, 0.1) is 6.92 Å². The van der Waals surface area contributed by atoms with Gasteiger partial charge >= 0.3 is 0 Å². The van der Waals surface area contributed by atoms with Crippen molar-refractivity contribution < 1.29 is 9.59 Å². The van der Waals surface area contributed by atoms with Gasteiger partial charge in [-0.05, 0) is 37.6 Å². The summed E-state index contributed by atoms with van der Waals surface area (Å²) >= 11 is 0. The Balaban J connectivity index is 2.10. The van der Waals surface area contributed by atoms with Gasteiger partial charge in [0.15, 0.2) is 0 Å². The zero-order chi connectivity index (χ0) is 17.5. The molecule has 0 spiro atoms. The van der Waals surface area contributed by atoms with Crippen LogP contribution >= 0.6 is 0 Å². The van der Waals surface area contributed by atoms with Crippen molar-refractivity contribution in [2.24, 2.45) is 0 Å². The first kappa shape index (κ1) is 17.7. The molecule has 5 heteroatoms. The molecule has 0 unspecified atom stereocenters. The zero-order valence-electron chi connectivity index (χ0n) is 14.4. The first-order chi connectivity index (χ1) is 11.5. The van der Waals surface area contributed by atoms with Crippen LogP contribution in [0.1, 0.15) is 46.3 Å². The maximum absolute atomic E-state index is 12.4. The molecule has 2 amide bonds. The van der Waals surface area contributed by atoms with Crippen LogP contribution in [0.5, 0.6) is 0 Å². The molecule has 5 nitrogen and oxygen atoms in total. The number of anilines is 1. The van der Waals surface area contributed by atoms with Crippen LogP contribution in [0.15, 0.2) is 42.5 Å². The van der Waals surface area contributed by atoms with Gasteiger partial charge in [-0.2, -0.15) is 0 Å². The Morgan fingerprint density at radius 3 is 2.42 bits per heavy atom. The minimum Gasteiger partial charge on any atom is -0.340 e. The molecule has 0 radical (unpaired) electrons. The van der Waals surface area contributed by atoms with E-state index in [9.17, 15) is 9.59 Å². The van der Waals surface area contributed by atoms with Gasteiger partial charge < -0.3 is 10.2 Å². The second-order valence-corrected chi connectivity index (χ2v) is 5.81. The van der Waals surface area contributed by atoms with Gasteiger partial charge in [0.1, 0.15) is 11.4 Å². The predicted molar refractivity (Wildman–Crippen MR) is 95.2 cm³/mol. The van der Waals surface area contributed by atoms with Crippen molar-refractivity contribution in [2.45, 2.75) is 26.7 Å². The lowest BCUT2D eigenvalue weighted by Crippen LogP contribution is -2.29. The number of nitrogens with zero attached hydrogens (tertiary/aromatic N) is 2. The summed E-state index contributed by atoms with van der Waals surface area (Å²) < 4.78 is 0. The molecule has 0 bridgehead atoms. The van der Waals surface area contributed by atoms with Crippen molar-refractivity contribution in [3.05, 3.63) is 59.4 Å². The van der Waals surface area contributed by atoms with E-state index < -0.39 is 0 Å². The third kappa shape index (κ3) is 4.65. The number of nitrogens with one attached hydrogen (secondary N) is 1. The van der Waals surface area contributed by atoms with Crippen LogP contribution in [0.3, 0.4) is 0 Å². The fourth-order valence-electron chi connectivity index (χ4n) is 2.20. The van der Waals surface area contributed by atoms with Gasteiger partial charge in [0.25, 0.3) is 11.8 Å². The van der Waals surface area contributed by atoms with Crippen LogP contribution in [0.2, 0.25) is 0 Å². The normalized spacial score (nSPS) is 10.3. The molecule has 1 aromatic carbocycles. The molecule has 0 saturated heterocycles. The zero-order valence-corrected chi connectivity index (χ0v) is 14.4. The first-order valence-electron chi connectivity index (χ1n) is 8.12. The standard InChI is InChI=1S/C19H23N3O2/c1-4-5-13-22(3)19(24)17-8-6-7-16(21-17)18(23)20-15-11-9-14(2)10-12-15/h6-12H,4-5,13H2,1-3H3,(H,20,23). The molecule has 0 aliphatic rings. The Morgan fingerprint density at radius 2 is 1.75 bits per heavy atom. The van der Waals surface area contributed by atoms with Crippen molar-refractivity contribution >= 4 is 17.5 Å². The summed E-state index contributed by atoms with van der Waals surface area (Å²) in [7, 11) is 1.75. The quantitative estimate of drug-likeness (QED) is 0.884. The fourth-order valence-corrected chi connectivity index (χ4v) is 2.20. The number of carbonyl (C=O) groups excluding carboxylic acids is 2. The molecule has 2 rings (SSSR count). The molecule has 0 atom stereocenters. The van der Waals surface area contributed by atoms with Gasteiger partial charge in [0.2, 0.25) is 0 Å². The van der Waals surface area contributed by atoms with Gasteiger partial charge in [0, 0.05) is 19.3 Å². The largest absolute Gasteiger partial charge is 0.340 e. The maximum Gasteiger partial charge on any atom is 0.274 e. The Bertz CT molecular complexity index is 711. The summed E-state index contributed by atoms with van der Waals surface area (Å²) in [6, 6.07) is 12.4. The highest BCUT2D eigenvalue weighted by Crippen LogP contribution is 2.11. The summed E-state index contributed by atoms with van der Waals surface area (Å²) in [5.41, 5.74) is 2.33. The summed E-state index contributed by atoms with van der Waals surface area (Å²) in [6.45, 7) is 4.74.